The number of nitrogens with zero attached hydrogens (tertiary/aromatic N) is 1. The maximum Gasteiger partial charge on any atom is 0.310 e. The van der Waals surface area contributed by atoms with Crippen LogP contribution < -0.4 is 16.2 Å². The zero-order chi connectivity index (χ0) is 26.6. The molecule has 4 aromatic carbocycles. The van der Waals surface area contributed by atoms with Crippen molar-refractivity contribution in [2.75, 3.05) is 18.1 Å². The second-order valence-electron chi connectivity index (χ2n) is 9.08. The summed E-state index contributed by atoms with van der Waals surface area (Å²) < 4.78 is 13.3. The van der Waals surface area contributed by atoms with E-state index in [4.69, 9.17) is 32.5 Å². The number of ether oxygens (including phenoxy) is 2. The van der Waals surface area contributed by atoms with Crippen molar-refractivity contribution in [3.8, 4) is 22.6 Å². The highest BCUT2D eigenvalue weighted by Crippen LogP contribution is 2.31. The van der Waals surface area contributed by atoms with E-state index in [2.05, 4.69) is 10.6 Å². The first-order chi connectivity index (χ1) is 18.4. The number of anilines is 2. The van der Waals surface area contributed by atoms with Crippen molar-refractivity contribution in [1.29, 1.82) is 0 Å². The number of nitrogens with two attached hydrogens (primary N) is 2. The molecule has 192 valence electrons. The predicted octanol–water partition coefficient (Wildman–Crippen LogP) is 7.07. The van der Waals surface area contributed by atoms with Crippen molar-refractivity contribution in [3.05, 3.63) is 107 Å². The maximum absolute atomic E-state index is 12.3. The summed E-state index contributed by atoms with van der Waals surface area (Å²) in [4.78, 5) is 12.3. The number of rotatable bonds is 8. The van der Waals surface area contributed by atoms with E-state index >= 15 is 0 Å². The summed E-state index contributed by atoms with van der Waals surface area (Å²) in [6.07, 6.45) is 2.23. The molecule has 6 nitrogen and oxygen atoms in total. The molecule has 0 saturated heterocycles. The fraction of sp³-hybridized carbons (Fsp3) is 0.129. The van der Waals surface area contributed by atoms with Crippen molar-refractivity contribution in [3.63, 3.8) is 0 Å². The lowest BCUT2D eigenvalue weighted by Crippen LogP contribution is -2.07. The van der Waals surface area contributed by atoms with Crippen molar-refractivity contribution >= 4 is 39.8 Å². The minimum atomic E-state index is -0.247. The quantitative estimate of drug-likeness (QED) is 0.167. The third kappa shape index (κ3) is 5.76. The standard InChI is InChI=1S/C31H28ClN3O3/c1-2-37-31(36)16-23-19-35(18-20-3-8-27(9-4-20)38-28-10-6-24(32)7-11-28)30-15-21(5-12-29(23)30)22-13-25(33)17-26(34)14-22/h3-15,17,19H,2,16,18,33-34H2,1H3. The van der Waals surface area contributed by atoms with E-state index in [0.717, 1.165) is 44.7 Å². The molecule has 0 spiro atoms. The largest absolute Gasteiger partial charge is 0.466 e. The van der Waals surface area contributed by atoms with E-state index < -0.39 is 0 Å². The zero-order valence-corrected chi connectivity index (χ0v) is 21.7. The van der Waals surface area contributed by atoms with Crippen LogP contribution >= 0.6 is 11.6 Å². The number of benzene rings is 4. The first-order valence-electron chi connectivity index (χ1n) is 12.3. The van der Waals surface area contributed by atoms with Crippen LogP contribution in [0.5, 0.6) is 11.5 Å². The van der Waals surface area contributed by atoms with Gasteiger partial charge in [0.15, 0.2) is 0 Å². The molecule has 0 saturated carbocycles. The van der Waals surface area contributed by atoms with Gasteiger partial charge in [-0.15, -0.1) is 0 Å². The molecule has 0 unspecified atom stereocenters. The average Bonchev–Trinajstić information content (AvgIpc) is 3.22. The molecular weight excluding hydrogens is 498 g/mol. The Kier molecular flexibility index (Phi) is 7.24. The van der Waals surface area contributed by atoms with E-state index in [1.54, 1.807) is 18.2 Å². The SMILES string of the molecule is CCOC(=O)Cc1cn(Cc2ccc(Oc3ccc(Cl)cc3)cc2)c2cc(-c3cc(N)cc(N)c3)ccc12. The number of nitrogen functional groups attached to an aromatic ring is 2. The highest BCUT2D eigenvalue weighted by atomic mass is 35.5. The average molecular weight is 526 g/mol. The Morgan fingerprint density at radius 1 is 0.842 bits per heavy atom. The summed E-state index contributed by atoms with van der Waals surface area (Å²) in [7, 11) is 0. The van der Waals surface area contributed by atoms with E-state index in [1.807, 2.05) is 73.8 Å². The number of hydrogen-bond acceptors (Lipinski definition) is 5. The highest BCUT2D eigenvalue weighted by molar-refractivity contribution is 6.30. The van der Waals surface area contributed by atoms with Gasteiger partial charge in [-0.1, -0.05) is 35.9 Å². The monoisotopic (exact) mass is 525 g/mol. The molecule has 5 rings (SSSR count). The number of hydrogen-bond donors (Lipinski definition) is 2. The number of fused-ring (bicyclic) bond motifs is 1. The van der Waals surface area contributed by atoms with Gasteiger partial charge in [0.1, 0.15) is 11.5 Å². The molecule has 0 aliphatic carbocycles. The molecule has 0 amide bonds. The molecule has 0 aliphatic rings. The first-order valence-corrected chi connectivity index (χ1v) is 12.7. The molecule has 1 aromatic heterocycles. The molecule has 0 atom stereocenters. The lowest BCUT2D eigenvalue weighted by atomic mass is 10.0. The van der Waals surface area contributed by atoms with Gasteiger partial charge in [-0.05, 0) is 89.8 Å². The van der Waals surface area contributed by atoms with Crippen LogP contribution in [0.3, 0.4) is 0 Å². The Morgan fingerprint density at radius 3 is 2.16 bits per heavy atom. The van der Waals surface area contributed by atoms with Crippen LogP contribution in [0, 0.1) is 0 Å². The molecule has 7 heteroatoms. The fourth-order valence-corrected chi connectivity index (χ4v) is 4.65. The Hall–Kier alpha value is -4.42. The number of esters is 1. The van der Waals surface area contributed by atoms with Crippen LogP contribution in [0.4, 0.5) is 11.4 Å². The molecule has 0 radical (unpaired) electrons. The van der Waals surface area contributed by atoms with Crippen LogP contribution in [0.15, 0.2) is 91.1 Å². The highest BCUT2D eigenvalue weighted by Gasteiger charge is 2.15. The molecule has 0 aliphatic heterocycles. The third-order valence-corrected chi connectivity index (χ3v) is 6.49. The zero-order valence-electron chi connectivity index (χ0n) is 21.0. The smallest absolute Gasteiger partial charge is 0.310 e. The number of aromatic nitrogens is 1. The molecule has 0 bridgehead atoms. The van der Waals surface area contributed by atoms with Gasteiger partial charge in [-0.25, -0.2) is 0 Å². The van der Waals surface area contributed by atoms with Gasteiger partial charge in [-0.3, -0.25) is 4.79 Å². The number of halogens is 1. The van der Waals surface area contributed by atoms with Crippen LogP contribution in [-0.2, 0) is 22.5 Å². The molecule has 1 heterocycles. The Balaban J connectivity index is 1.47. The van der Waals surface area contributed by atoms with Gasteiger partial charge >= 0.3 is 5.97 Å². The second kappa shape index (κ2) is 10.9. The minimum absolute atomic E-state index is 0.204. The summed E-state index contributed by atoms with van der Waals surface area (Å²) in [5.74, 6) is 1.21. The van der Waals surface area contributed by atoms with Crippen LogP contribution in [0.2, 0.25) is 5.02 Å². The van der Waals surface area contributed by atoms with Crippen molar-refractivity contribution < 1.29 is 14.3 Å². The molecule has 4 N–H and O–H groups in total. The Bertz CT molecular complexity index is 1570. The van der Waals surface area contributed by atoms with E-state index in [-0.39, 0.29) is 12.4 Å². The van der Waals surface area contributed by atoms with Crippen molar-refractivity contribution in [2.45, 2.75) is 19.9 Å². The van der Waals surface area contributed by atoms with Gasteiger partial charge in [-0.2, -0.15) is 0 Å². The summed E-state index contributed by atoms with van der Waals surface area (Å²) in [5, 5.41) is 1.66. The lowest BCUT2D eigenvalue weighted by Gasteiger charge is -2.10. The Morgan fingerprint density at radius 2 is 1.50 bits per heavy atom. The van der Waals surface area contributed by atoms with Crippen molar-refractivity contribution in [1.82, 2.24) is 4.57 Å². The van der Waals surface area contributed by atoms with Gasteiger partial charge in [0.2, 0.25) is 0 Å². The van der Waals surface area contributed by atoms with E-state index in [9.17, 15) is 4.79 Å². The first kappa shape index (κ1) is 25.2. The number of carbonyl (C=O) groups excluding carboxylic acids is 1. The molecular formula is C31H28ClN3O3. The molecule has 0 fully saturated rings. The van der Waals surface area contributed by atoms with Gasteiger partial charge < -0.3 is 25.5 Å². The lowest BCUT2D eigenvalue weighted by molar-refractivity contribution is -0.142. The second-order valence-corrected chi connectivity index (χ2v) is 9.52. The summed E-state index contributed by atoms with van der Waals surface area (Å²) in [6.45, 7) is 2.77. The third-order valence-electron chi connectivity index (χ3n) is 6.24. The van der Waals surface area contributed by atoms with Crippen molar-refractivity contribution in [2.24, 2.45) is 0 Å². The predicted molar refractivity (Wildman–Crippen MR) is 154 cm³/mol. The normalized spacial score (nSPS) is 11.0. The van der Waals surface area contributed by atoms with Gasteiger partial charge in [0.05, 0.1) is 13.0 Å². The summed E-state index contributed by atoms with van der Waals surface area (Å²) in [6, 6.07) is 26.9. The summed E-state index contributed by atoms with van der Waals surface area (Å²) >= 11 is 5.96. The fourth-order valence-electron chi connectivity index (χ4n) is 4.53. The van der Waals surface area contributed by atoms with Crippen LogP contribution in [0.1, 0.15) is 18.1 Å². The van der Waals surface area contributed by atoms with Gasteiger partial charge in [0.25, 0.3) is 0 Å². The van der Waals surface area contributed by atoms with E-state index in [0.29, 0.717) is 29.5 Å². The topological polar surface area (TPSA) is 92.5 Å². The summed E-state index contributed by atoms with van der Waals surface area (Å²) in [5.41, 5.74) is 18.2. The Labute approximate surface area is 226 Å². The van der Waals surface area contributed by atoms with Crippen LogP contribution in [-0.4, -0.2) is 17.1 Å². The van der Waals surface area contributed by atoms with Crippen LogP contribution in [0.25, 0.3) is 22.0 Å². The molecule has 5 aromatic rings. The van der Waals surface area contributed by atoms with E-state index in [1.165, 1.54) is 0 Å². The maximum atomic E-state index is 12.3. The number of carbonyl (C=O) groups is 1. The van der Waals surface area contributed by atoms with Gasteiger partial charge in [0, 0.05) is 40.0 Å². The minimum Gasteiger partial charge on any atom is -0.466 e. The molecule has 38 heavy (non-hydrogen) atoms.